The molecule has 8 heteroatoms. The van der Waals surface area contributed by atoms with Crippen LogP contribution in [-0.2, 0) is 20.7 Å². The zero-order valence-electron chi connectivity index (χ0n) is 32.6. The molecule has 2 aromatic rings. The Morgan fingerprint density at radius 2 is 1.18 bits per heavy atom. The van der Waals surface area contributed by atoms with Crippen molar-refractivity contribution in [2.24, 2.45) is 0 Å². The summed E-state index contributed by atoms with van der Waals surface area (Å²) in [5.41, 5.74) is 1.85. The predicted molar refractivity (Wildman–Crippen MR) is 213 cm³/mol. The van der Waals surface area contributed by atoms with Crippen LogP contribution in [0.5, 0.6) is 0 Å². The molecule has 0 spiro atoms. The first-order valence-electron chi connectivity index (χ1n) is 21.1. The van der Waals surface area contributed by atoms with Crippen molar-refractivity contribution in [1.29, 1.82) is 0 Å². The second-order valence-electron chi connectivity index (χ2n) is 14.7. The lowest BCUT2D eigenvalue weighted by Gasteiger charge is -2.21. The number of ether oxygens (including phenoxy) is 2. The number of carboxylic acid groups (broad SMARTS) is 1. The molecule has 0 radical (unpaired) electrons. The smallest absolute Gasteiger partial charge is 0.405 e. The second-order valence-corrected chi connectivity index (χ2v) is 14.7. The maximum atomic E-state index is 13.3. The number of carbonyl (C=O) groups is 2. The lowest BCUT2D eigenvalue weighted by molar-refractivity contribution is -0.124. The van der Waals surface area contributed by atoms with Gasteiger partial charge in [-0.3, -0.25) is 4.79 Å². The Balaban J connectivity index is 1.72. The zero-order chi connectivity index (χ0) is 36.6. The predicted octanol–water partition coefficient (Wildman–Crippen LogP) is 11.3. The van der Waals surface area contributed by atoms with Gasteiger partial charge in [0.05, 0.1) is 12.7 Å². The van der Waals surface area contributed by atoms with E-state index in [1.165, 1.54) is 135 Å². The molecule has 0 aliphatic rings. The summed E-state index contributed by atoms with van der Waals surface area (Å²) in [6.07, 6.45) is 31.8. The molecule has 2 unspecified atom stereocenters. The Morgan fingerprint density at radius 3 is 1.71 bits per heavy atom. The van der Waals surface area contributed by atoms with Crippen molar-refractivity contribution >= 4 is 22.9 Å². The Labute approximate surface area is 311 Å². The molecule has 51 heavy (non-hydrogen) atoms. The van der Waals surface area contributed by atoms with Crippen LogP contribution < -0.4 is 10.6 Å². The van der Waals surface area contributed by atoms with Crippen LogP contribution in [-0.4, -0.2) is 60.6 Å². The average Bonchev–Trinajstić information content (AvgIpc) is 3.54. The molecule has 1 heterocycles. The third kappa shape index (κ3) is 22.9. The summed E-state index contributed by atoms with van der Waals surface area (Å²) in [4.78, 5) is 28.1. The summed E-state index contributed by atoms with van der Waals surface area (Å²) in [6, 6.07) is 6.91. The van der Waals surface area contributed by atoms with Gasteiger partial charge in [0.2, 0.25) is 5.91 Å². The molecule has 292 valence electrons. The minimum atomic E-state index is -1.22. The van der Waals surface area contributed by atoms with Crippen LogP contribution in [0.4, 0.5) is 4.79 Å². The van der Waals surface area contributed by atoms with E-state index < -0.39 is 12.1 Å². The summed E-state index contributed by atoms with van der Waals surface area (Å²) >= 11 is 0. The minimum absolute atomic E-state index is 0.252. The molecule has 0 bridgehead atoms. The maximum Gasteiger partial charge on any atom is 0.405 e. The van der Waals surface area contributed by atoms with Crippen LogP contribution in [0.2, 0.25) is 0 Å². The molecule has 0 saturated carbocycles. The Morgan fingerprint density at radius 1 is 0.686 bits per heavy atom. The molecule has 0 aliphatic carbocycles. The van der Waals surface area contributed by atoms with Crippen molar-refractivity contribution in [1.82, 2.24) is 15.6 Å². The molecule has 2 amide bonds. The highest BCUT2D eigenvalue weighted by atomic mass is 16.5. The second kappa shape index (κ2) is 31.0. The van der Waals surface area contributed by atoms with Crippen LogP contribution in [0.25, 0.3) is 10.9 Å². The van der Waals surface area contributed by atoms with Gasteiger partial charge in [0.25, 0.3) is 0 Å². The summed E-state index contributed by atoms with van der Waals surface area (Å²) < 4.78 is 12.3. The number of rotatable bonds is 35. The first-order valence-corrected chi connectivity index (χ1v) is 21.1. The lowest BCUT2D eigenvalue weighted by atomic mass is 10.0. The minimum Gasteiger partial charge on any atom is -0.465 e. The third-order valence-electron chi connectivity index (χ3n) is 10.0. The molecule has 4 N–H and O–H groups in total. The molecule has 0 fully saturated rings. The fourth-order valence-electron chi connectivity index (χ4n) is 6.84. The number of amides is 2. The molecule has 0 aliphatic heterocycles. The van der Waals surface area contributed by atoms with Gasteiger partial charge in [-0.1, -0.05) is 173 Å². The molecule has 1 aromatic carbocycles. The van der Waals surface area contributed by atoms with Gasteiger partial charge in [-0.25, -0.2) is 4.79 Å². The molecule has 2 rings (SSSR count). The summed E-state index contributed by atoms with van der Waals surface area (Å²) in [5.74, 6) is -0.359. The third-order valence-corrected chi connectivity index (χ3v) is 10.0. The number of nitrogens with one attached hydrogen (secondary N) is 3. The van der Waals surface area contributed by atoms with Gasteiger partial charge in [-0.15, -0.1) is 0 Å². The van der Waals surface area contributed by atoms with E-state index in [1.807, 2.05) is 30.5 Å². The van der Waals surface area contributed by atoms with E-state index in [9.17, 15) is 14.7 Å². The highest BCUT2D eigenvalue weighted by Crippen LogP contribution is 2.19. The van der Waals surface area contributed by atoms with E-state index in [4.69, 9.17) is 9.47 Å². The van der Waals surface area contributed by atoms with E-state index in [1.54, 1.807) is 0 Å². The summed E-state index contributed by atoms with van der Waals surface area (Å²) in [7, 11) is 0. The SMILES string of the molecule is CCCCCCCCCCCCCCOCC(CNC(=O)C(Cc1c[nH]c2ccccc12)NC(=O)O)OCCCCCCCCCCCCCC. The first kappa shape index (κ1) is 44.6. The van der Waals surface area contributed by atoms with Gasteiger partial charge < -0.3 is 30.2 Å². The first-order chi connectivity index (χ1) is 25.0. The number of carbonyl (C=O) groups excluding carboxylic acids is 1. The average molecular weight is 714 g/mol. The van der Waals surface area contributed by atoms with Crippen molar-refractivity contribution < 1.29 is 24.2 Å². The number of unbranched alkanes of at least 4 members (excludes halogenated alkanes) is 22. The van der Waals surface area contributed by atoms with Crippen LogP contribution in [0.1, 0.15) is 174 Å². The van der Waals surface area contributed by atoms with Crippen molar-refractivity contribution in [2.45, 2.75) is 187 Å². The Kier molecular flexibility index (Phi) is 27.1. The standard InChI is InChI=1S/C43H75N3O5/c1-3-5-7-9-11-13-15-17-19-21-23-27-31-50-36-38(51-32-28-24-22-20-18-16-14-12-10-8-6-4-2)35-45-42(47)41(46-43(48)49)33-37-34-44-40-30-26-25-29-39(37)40/h25-26,29-30,34,38,41,44,46H,3-24,27-28,31-33,35-36H2,1-2H3,(H,45,47)(H,48,49). The summed E-state index contributed by atoms with van der Waals surface area (Å²) in [6.45, 7) is 6.55. The van der Waals surface area contributed by atoms with E-state index in [-0.39, 0.29) is 25.0 Å². The van der Waals surface area contributed by atoms with Gasteiger partial charge in [0.1, 0.15) is 6.04 Å². The molecular formula is C43H75N3O5. The van der Waals surface area contributed by atoms with Gasteiger partial charge >= 0.3 is 6.09 Å². The zero-order valence-corrected chi connectivity index (χ0v) is 32.6. The monoisotopic (exact) mass is 714 g/mol. The summed E-state index contributed by atoms with van der Waals surface area (Å²) in [5, 5.41) is 15.9. The van der Waals surface area contributed by atoms with Crippen LogP contribution in [0.15, 0.2) is 30.5 Å². The molecule has 8 nitrogen and oxygen atoms in total. The number of hydrogen-bond acceptors (Lipinski definition) is 4. The van der Waals surface area contributed by atoms with E-state index >= 15 is 0 Å². The molecule has 2 atom stereocenters. The molecule has 1 aromatic heterocycles. The number of benzene rings is 1. The van der Waals surface area contributed by atoms with E-state index in [0.29, 0.717) is 19.8 Å². The number of fused-ring (bicyclic) bond motifs is 1. The van der Waals surface area contributed by atoms with Crippen LogP contribution >= 0.6 is 0 Å². The fraction of sp³-hybridized carbons (Fsp3) is 0.767. The fourth-order valence-corrected chi connectivity index (χ4v) is 6.84. The number of hydrogen-bond donors (Lipinski definition) is 4. The normalized spacial score (nSPS) is 12.7. The largest absolute Gasteiger partial charge is 0.465 e. The topological polar surface area (TPSA) is 113 Å². The lowest BCUT2D eigenvalue weighted by Crippen LogP contribution is -2.49. The highest BCUT2D eigenvalue weighted by Gasteiger charge is 2.23. The van der Waals surface area contributed by atoms with Crippen LogP contribution in [0, 0.1) is 0 Å². The van der Waals surface area contributed by atoms with Gasteiger partial charge in [-0.2, -0.15) is 0 Å². The van der Waals surface area contributed by atoms with Crippen molar-refractivity contribution in [2.75, 3.05) is 26.4 Å². The number of aromatic nitrogens is 1. The van der Waals surface area contributed by atoms with Crippen molar-refractivity contribution in [3.63, 3.8) is 0 Å². The van der Waals surface area contributed by atoms with E-state index in [2.05, 4.69) is 29.5 Å². The number of para-hydroxylation sites is 1. The number of H-pyrrole nitrogens is 1. The van der Waals surface area contributed by atoms with Gasteiger partial charge in [0.15, 0.2) is 0 Å². The number of aromatic amines is 1. The maximum absolute atomic E-state index is 13.3. The Bertz CT molecular complexity index is 1120. The van der Waals surface area contributed by atoms with Crippen molar-refractivity contribution in [3.8, 4) is 0 Å². The molecule has 0 saturated heterocycles. The van der Waals surface area contributed by atoms with E-state index in [0.717, 1.165) is 35.7 Å². The van der Waals surface area contributed by atoms with Crippen LogP contribution in [0.3, 0.4) is 0 Å². The highest BCUT2D eigenvalue weighted by molar-refractivity contribution is 5.88. The van der Waals surface area contributed by atoms with Gasteiger partial charge in [-0.05, 0) is 24.5 Å². The van der Waals surface area contributed by atoms with Gasteiger partial charge in [0, 0.05) is 43.3 Å². The molecular weight excluding hydrogens is 638 g/mol. The Hall–Kier alpha value is -2.58. The quantitative estimate of drug-likeness (QED) is 0.0531. The van der Waals surface area contributed by atoms with Crippen molar-refractivity contribution in [3.05, 3.63) is 36.0 Å².